The fraction of sp³-hybridized carbons (Fsp3) is 0.346. The minimum Gasteiger partial charge on any atom is -0.463 e. The molecule has 0 aliphatic carbocycles. The highest BCUT2D eigenvalue weighted by molar-refractivity contribution is 6.08. The summed E-state index contributed by atoms with van der Waals surface area (Å²) in [6, 6.07) is 7.03. The number of rotatable bonds is 12. The summed E-state index contributed by atoms with van der Waals surface area (Å²) < 4.78 is 15.1. The van der Waals surface area contributed by atoms with Gasteiger partial charge in [0.25, 0.3) is 0 Å². The van der Waals surface area contributed by atoms with Crippen molar-refractivity contribution < 1.29 is 38.2 Å². The van der Waals surface area contributed by atoms with E-state index < -0.39 is 47.8 Å². The van der Waals surface area contributed by atoms with Gasteiger partial charge in [0, 0.05) is 0 Å². The van der Waals surface area contributed by atoms with Crippen LogP contribution in [0.5, 0.6) is 0 Å². The van der Waals surface area contributed by atoms with Gasteiger partial charge in [0.15, 0.2) is 5.92 Å². The second kappa shape index (κ2) is 13.1. The summed E-state index contributed by atoms with van der Waals surface area (Å²) in [5, 5.41) is 5.09. The summed E-state index contributed by atoms with van der Waals surface area (Å²) in [6.07, 6.45) is 4.65. The van der Waals surface area contributed by atoms with Gasteiger partial charge in [-0.1, -0.05) is 61.7 Å². The molecule has 11 nitrogen and oxygen atoms in total. The number of β-lactam (4-membered cyclic amide) rings is 1. The summed E-state index contributed by atoms with van der Waals surface area (Å²) >= 11 is 0. The highest BCUT2D eigenvalue weighted by Gasteiger charge is 2.55. The molecule has 2 N–H and O–H groups in total. The Balaban J connectivity index is 1.50. The van der Waals surface area contributed by atoms with E-state index in [1.807, 2.05) is 0 Å². The fourth-order valence-corrected chi connectivity index (χ4v) is 4.03. The zero-order valence-corrected chi connectivity index (χ0v) is 20.2. The predicted octanol–water partition coefficient (Wildman–Crippen LogP) is 1.53. The van der Waals surface area contributed by atoms with Crippen molar-refractivity contribution in [2.45, 2.75) is 24.9 Å². The molecule has 0 bridgehead atoms. The number of ether oxygens (including phenoxy) is 3. The Morgan fingerprint density at radius 2 is 1.76 bits per heavy atom. The first-order valence-electron chi connectivity index (χ1n) is 11.7. The lowest BCUT2D eigenvalue weighted by Crippen LogP contribution is -2.65. The molecule has 0 spiro atoms. The third-order valence-corrected chi connectivity index (χ3v) is 5.71. The third-order valence-electron chi connectivity index (χ3n) is 5.71. The minimum absolute atomic E-state index is 0.0106. The molecule has 1 aromatic rings. The smallest absolute Gasteiger partial charge is 0.408 e. The first-order chi connectivity index (χ1) is 17.9. The van der Waals surface area contributed by atoms with Crippen molar-refractivity contribution in [2.24, 2.45) is 5.92 Å². The van der Waals surface area contributed by atoms with E-state index in [-0.39, 0.29) is 32.1 Å². The molecule has 11 heteroatoms. The van der Waals surface area contributed by atoms with Gasteiger partial charge in [-0.25, -0.2) is 9.59 Å². The van der Waals surface area contributed by atoms with E-state index in [4.69, 9.17) is 14.2 Å². The van der Waals surface area contributed by atoms with Crippen LogP contribution in [0.15, 0.2) is 67.4 Å². The lowest BCUT2D eigenvalue weighted by Gasteiger charge is -2.47. The maximum absolute atomic E-state index is 12.8. The molecule has 2 heterocycles. The second-order valence-electron chi connectivity index (χ2n) is 8.14. The Morgan fingerprint density at radius 1 is 1.05 bits per heavy atom. The molecular weight excluding hydrogens is 482 g/mol. The summed E-state index contributed by atoms with van der Waals surface area (Å²) in [7, 11) is 0. The topological polar surface area (TPSA) is 140 Å². The number of nitrogens with one attached hydrogen (secondary N) is 2. The SMILES string of the molecule is C=CCOC(=O)NC(C(=O)NCCOC(=O)[C@@H]1C(=O)N2C(C(=O)OCC=C)=CCC[C@@H]12)c1ccccc1. The average Bonchev–Trinajstić information content (AvgIpc) is 2.91. The normalized spacial score (nSPS) is 18.6. The maximum atomic E-state index is 12.8. The Morgan fingerprint density at radius 3 is 2.46 bits per heavy atom. The van der Waals surface area contributed by atoms with Crippen molar-refractivity contribution in [2.75, 3.05) is 26.4 Å². The van der Waals surface area contributed by atoms with Gasteiger partial charge >= 0.3 is 18.0 Å². The summed E-state index contributed by atoms with van der Waals surface area (Å²) in [6.45, 7) is 6.70. The van der Waals surface area contributed by atoms with Crippen LogP contribution in [0.1, 0.15) is 24.4 Å². The van der Waals surface area contributed by atoms with Crippen LogP contribution in [0.25, 0.3) is 0 Å². The Hall–Kier alpha value is -4.41. The molecule has 0 aromatic heterocycles. The number of esters is 2. The van der Waals surface area contributed by atoms with Crippen molar-refractivity contribution in [1.29, 1.82) is 0 Å². The monoisotopic (exact) mass is 511 g/mol. The number of carbonyl (C=O) groups excluding carboxylic acids is 5. The van der Waals surface area contributed by atoms with Crippen LogP contribution in [-0.2, 0) is 33.4 Å². The second-order valence-corrected chi connectivity index (χ2v) is 8.14. The van der Waals surface area contributed by atoms with E-state index in [9.17, 15) is 24.0 Å². The zero-order chi connectivity index (χ0) is 26.8. The van der Waals surface area contributed by atoms with Crippen molar-refractivity contribution >= 4 is 29.8 Å². The van der Waals surface area contributed by atoms with E-state index in [1.54, 1.807) is 36.4 Å². The third kappa shape index (κ3) is 6.63. The first-order valence-corrected chi connectivity index (χ1v) is 11.7. The number of allylic oxidation sites excluding steroid dienone is 1. The van der Waals surface area contributed by atoms with Crippen LogP contribution in [0.2, 0.25) is 0 Å². The summed E-state index contributed by atoms with van der Waals surface area (Å²) in [5.74, 6) is -3.48. The molecule has 2 aliphatic heterocycles. The van der Waals surface area contributed by atoms with Crippen molar-refractivity contribution in [1.82, 2.24) is 15.5 Å². The molecule has 37 heavy (non-hydrogen) atoms. The molecule has 0 saturated carbocycles. The number of hydrogen-bond donors (Lipinski definition) is 2. The maximum Gasteiger partial charge on any atom is 0.408 e. The molecule has 3 rings (SSSR count). The van der Waals surface area contributed by atoms with Gasteiger partial charge in [0.1, 0.15) is 31.6 Å². The molecule has 1 unspecified atom stereocenters. The fourth-order valence-electron chi connectivity index (χ4n) is 4.03. The molecule has 1 aromatic carbocycles. The predicted molar refractivity (Wildman–Crippen MR) is 130 cm³/mol. The van der Waals surface area contributed by atoms with Crippen LogP contribution < -0.4 is 10.6 Å². The standard InChI is InChI=1S/C26H29N3O8/c1-3-14-35-24(32)19-12-8-11-18-20(23(31)29(18)19)25(33)36-16-13-27-22(30)21(17-9-6-5-7-10-17)28-26(34)37-15-4-2/h3-7,9-10,12,18,20-21H,1-2,8,11,13-16H2,(H,27,30)(H,28,34)/t18-,20-,21?/m0/s1. The van der Waals surface area contributed by atoms with E-state index >= 15 is 0 Å². The summed E-state index contributed by atoms with van der Waals surface area (Å²) in [4.78, 5) is 63.4. The van der Waals surface area contributed by atoms with E-state index in [0.717, 1.165) is 0 Å². The van der Waals surface area contributed by atoms with Gasteiger partial charge in [-0.3, -0.25) is 14.4 Å². The largest absolute Gasteiger partial charge is 0.463 e. The van der Waals surface area contributed by atoms with Gasteiger partial charge in [0.05, 0.1) is 12.6 Å². The molecule has 1 saturated heterocycles. The van der Waals surface area contributed by atoms with Crippen LogP contribution in [-0.4, -0.2) is 67.2 Å². The number of nitrogens with zero attached hydrogens (tertiary/aromatic N) is 1. The van der Waals surface area contributed by atoms with Gasteiger partial charge < -0.3 is 29.7 Å². The van der Waals surface area contributed by atoms with Crippen molar-refractivity contribution in [3.05, 3.63) is 73.0 Å². The molecule has 0 radical (unpaired) electrons. The molecule has 3 atom stereocenters. The Kier molecular flexibility index (Phi) is 9.59. The first kappa shape index (κ1) is 27.2. The molecule has 3 amide bonds. The molecule has 2 aliphatic rings. The van der Waals surface area contributed by atoms with E-state index in [2.05, 4.69) is 23.8 Å². The average molecular weight is 512 g/mol. The van der Waals surface area contributed by atoms with E-state index in [1.165, 1.54) is 17.1 Å². The minimum atomic E-state index is -1.04. The van der Waals surface area contributed by atoms with Gasteiger partial charge in [-0.2, -0.15) is 0 Å². The zero-order valence-electron chi connectivity index (χ0n) is 20.2. The van der Waals surface area contributed by atoms with Crippen LogP contribution in [0.4, 0.5) is 4.79 Å². The number of carbonyl (C=O) groups is 5. The van der Waals surface area contributed by atoms with Crippen molar-refractivity contribution in [3.8, 4) is 0 Å². The number of amides is 3. The molecule has 196 valence electrons. The van der Waals surface area contributed by atoms with Gasteiger partial charge in [-0.15, -0.1) is 0 Å². The lowest BCUT2D eigenvalue weighted by molar-refractivity contribution is -0.174. The number of benzene rings is 1. The Bertz CT molecular complexity index is 1080. The number of fused-ring (bicyclic) bond motifs is 1. The van der Waals surface area contributed by atoms with Gasteiger partial charge in [0.2, 0.25) is 11.8 Å². The highest BCUT2D eigenvalue weighted by Crippen LogP contribution is 2.38. The quantitative estimate of drug-likeness (QED) is 0.108. The summed E-state index contributed by atoms with van der Waals surface area (Å²) in [5.41, 5.74) is 0.644. The Labute approximate surface area is 214 Å². The highest BCUT2D eigenvalue weighted by atomic mass is 16.5. The van der Waals surface area contributed by atoms with E-state index in [0.29, 0.717) is 18.4 Å². The van der Waals surface area contributed by atoms with Crippen LogP contribution >= 0.6 is 0 Å². The van der Waals surface area contributed by atoms with Gasteiger partial charge in [-0.05, 0) is 18.4 Å². The van der Waals surface area contributed by atoms with Crippen molar-refractivity contribution in [3.63, 3.8) is 0 Å². The van der Waals surface area contributed by atoms with Crippen LogP contribution in [0.3, 0.4) is 0 Å². The number of hydrogen-bond acceptors (Lipinski definition) is 8. The molecule has 1 fully saturated rings. The number of alkyl carbamates (subject to hydrolysis) is 1. The van der Waals surface area contributed by atoms with Crippen LogP contribution in [0, 0.1) is 5.92 Å². The molecular formula is C26H29N3O8. The lowest BCUT2D eigenvalue weighted by atomic mass is 9.81.